The largest absolute Gasteiger partial charge is 0.508 e. The molecule has 2 aromatic rings. The zero-order chi connectivity index (χ0) is 17.6. The zero-order valence-corrected chi connectivity index (χ0v) is 14.2. The number of rotatable bonds is 2. The molecule has 1 aromatic carbocycles. The summed E-state index contributed by atoms with van der Waals surface area (Å²) >= 11 is 0. The van der Waals surface area contributed by atoms with Crippen LogP contribution in [0.3, 0.4) is 0 Å². The molecular weight excluding hydrogens is 314 g/mol. The molecule has 2 heterocycles. The Hall–Kier alpha value is -3.08. The van der Waals surface area contributed by atoms with Crippen LogP contribution in [0, 0.1) is 0 Å². The van der Waals surface area contributed by atoms with Crippen molar-refractivity contribution in [3.05, 3.63) is 65.1 Å². The maximum atomic E-state index is 12.8. The van der Waals surface area contributed by atoms with Gasteiger partial charge in [0.2, 0.25) is 5.78 Å². The number of aromatic hydroxyl groups is 1. The molecule has 1 aliphatic carbocycles. The number of likely N-dealkylation sites (N-methyl/N-ethyl adjacent to an activating group) is 1. The summed E-state index contributed by atoms with van der Waals surface area (Å²) in [6, 6.07) is 6.83. The molecule has 1 aliphatic heterocycles. The number of phenols is 1. The number of Topliss-reactive ketones (excluding diaryl/α,β-unsaturated/α-hetero) is 1. The third-order valence-corrected chi connectivity index (χ3v) is 4.74. The number of phenolic OH excluding ortho intramolecular Hbond substituents is 1. The predicted octanol–water partition coefficient (Wildman–Crippen LogP) is 2.87. The Morgan fingerprint density at radius 3 is 2.72 bits per heavy atom. The van der Waals surface area contributed by atoms with Crippen LogP contribution in [0.5, 0.6) is 5.75 Å². The minimum atomic E-state index is -0.0434. The molecule has 1 aromatic heterocycles. The molecule has 5 nitrogen and oxygen atoms in total. The Bertz CT molecular complexity index is 946. The number of hydrogen-bond acceptors (Lipinski definition) is 4. The van der Waals surface area contributed by atoms with Crippen LogP contribution in [0.25, 0.3) is 11.8 Å². The van der Waals surface area contributed by atoms with E-state index in [1.807, 2.05) is 30.8 Å². The zero-order valence-electron chi connectivity index (χ0n) is 14.2. The van der Waals surface area contributed by atoms with Gasteiger partial charge in [0.25, 0.3) is 0 Å². The Kier molecular flexibility index (Phi) is 3.57. The molecule has 4 rings (SSSR count). The van der Waals surface area contributed by atoms with E-state index in [9.17, 15) is 9.90 Å². The molecule has 0 unspecified atom stereocenters. The van der Waals surface area contributed by atoms with Gasteiger partial charge in [-0.1, -0.05) is 12.1 Å². The number of aromatic nitrogens is 1. The molecule has 0 amide bonds. The quantitative estimate of drug-likeness (QED) is 0.919. The summed E-state index contributed by atoms with van der Waals surface area (Å²) in [6.07, 6.45) is 8.34. The van der Waals surface area contributed by atoms with Gasteiger partial charge in [0.05, 0.1) is 0 Å². The number of carbonyl (C=O) groups is 1. The van der Waals surface area contributed by atoms with Gasteiger partial charge in [0.15, 0.2) is 0 Å². The molecule has 25 heavy (non-hydrogen) atoms. The third-order valence-electron chi connectivity index (χ3n) is 4.74. The number of carbonyl (C=O) groups excluding carboxylic acids is 1. The van der Waals surface area contributed by atoms with Crippen molar-refractivity contribution in [3.8, 4) is 5.75 Å². The first-order chi connectivity index (χ1) is 12.0. The number of benzene rings is 1. The van der Waals surface area contributed by atoms with Crippen molar-refractivity contribution in [2.24, 2.45) is 12.0 Å². The Morgan fingerprint density at radius 1 is 1.20 bits per heavy atom. The highest BCUT2D eigenvalue weighted by molar-refractivity contribution is 6.52. The van der Waals surface area contributed by atoms with E-state index in [-0.39, 0.29) is 11.5 Å². The Morgan fingerprint density at radius 2 is 1.96 bits per heavy atom. The molecule has 1 N–H and O–H groups in total. The second kappa shape index (κ2) is 5.77. The summed E-state index contributed by atoms with van der Waals surface area (Å²) < 4.78 is 1.92. The molecule has 0 spiro atoms. The standard InChI is InChI=1S/C20H19N3O2/c1-22-10-8-14-12-23(2)19-18(14)17(22)11-16(20(19)25)21-9-7-13-3-5-15(24)6-4-13/h3-7,9,11-12,24H,8,10H2,1-2H3/b9-7+,21-16?. The molecule has 126 valence electrons. The first-order valence-electron chi connectivity index (χ1n) is 8.24. The number of hydrogen-bond donors (Lipinski definition) is 1. The fourth-order valence-corrected chi connectivity index (χ4v) is 3.42. The van der Waals surface area contributed by atoms with Gasteiger partial charge in [-0.15, -0.1) is 0 Å². The highest BCUT2D eigenvalue weighted by atomic mass is 16.3. The topological polar surface area (TPSA) is 57.8 Å². The molecule has 0 saturated heterocycles. The summed E-state index contributed by atoms with van der Waals surface area (Å²) in [5.41, 5.74) is 5.43. The van der Waals surface area contributed by atoms with Gasteiger partial charge in [0.1, 0.15) is 17.2 Å². The Balaban J connectivity index is 1.71. The highest BCUT2D eigenvalue weighted by Crippen LogP contribution is 2.35. The molecule has 2 aliphatic rings. The van der Waals surface area contributed by atoms with Crippen LogP contribution < -0.4 is 0 Å². The molecule has 0 saturated carbocycles. The number of aliphatic imine (C=N–C) groups is 1. The van der Waals surface area contributed by atoms with E-state index in [1.54, 1.807) is 30.5 Å². The minimum Gasteiger partial charge on any atom is -0.508 e. The molecule has 0 atom stereocenters. The highest BCUT2D eigenvalue weighted by Gasteiger charge is 2.33. The third kappa shape index (κ3) is 2.58. The summed E-state index contributed by atoms with van der Waals surface area (Å²) in [7, 11) is 3.96. The first-order valence-corrected chi connectivity index (χ1v) is 8.24. The first kappa shape index (κ1) is 15.4. The van der Waals surface area contributed by atoms with Gasteiger partial charge >= 0.3 is 0 Å². The van der Waals surface area contributed by atoms with E-state index < -0.39 is 0 Å². The van der Waals surface area contributed by atoms with E-state index in [0.717, 1.165) is 35.5 Å². The fourth-order valence-electron chi connectivity index (χ4n) is 3.42. The molecule has 0 radical (unpaired) electrons. The van der Waals surface area contributed by atoms with Crippen LogP contribution in [0.2, 0.25) is 0 Å². The average Bonchev–Trinajstić information content (AvgIpc) is 2.93. The minimum absolute atomic E-state index is 0.0434. The van der Waals surface area contributed by atoms with E-state index in [0.29, 0.717) is 5.71 Å². The van der Waals surface area contributed by atoms with Gasteiger partial charge in [0, 0.05) is 44.3 Å². The van der Waals surface area contributed by atoms with E-state index >= 15 is 0 Å². The van der Waals surface area contributed by atoms with Gasteiger partial charge in [-0.3, -0.25) is 9.79 Å². The van der Waals surface area contributed by atoms with Gasteiger partial charge in [-0.25, -0.2) is 0 Å². The van der Waals surface area contributed by atoms with E-state index in [1.165, 1.54) is 5.56 Å². The lowest BCUT2D eigenvalue weighted by molar-refractivity contribution is 0.105. The lowest BCUT2D eigenvalue weighted by Gasteiger charge is -2.30. The summed E-state index contributed by atoms with van der Waals surface area (Å²) in [6.45, 7) is 0.938. The molecule has 0 fully saturated rings. The van der Waals surface area contributed by atoms with Crippen LogP contribution in [-0.2, 0) is 13.5 Å². The average molecular weight is 333 g/mol. The molecule has 0 bridgehead atoms. The summed E-state index contributed by atoms with van der Waals surface area (Å²) in [5, 5.41) is 9.32. The number of aryl methyl sites for hydroxylation is 1. The van der Waals surface area contributed by atoms with Crippen molar-refractivity contribution in [3.63, 3.8) is 0 Å². The second-order valence-corrected chi connectivity index (χ2v) is 6.44. The second-order valence-electron chi connectivity index (χ2n) is 6.44. The Labute approximate surface area is 146 Å². The summed E-state index contributed by atoms with van der Waals surface area (Å²) in [5.74, 6) is 0.182. The van der Waals surface area contributed by atoms with Crippen molar-refractivity contribution in [2.75, 3.05) is 13.6 Å². The van der Waals surface area contributed by atoms with Crippen molar-refractivity contribution < 1.29 is 9.90 Å². The van der Waals surface area contributed by atoms with Gasteiger partial charge < -0.3 is 14.6 Å². The number of ketones is 1. The fraction of sp³-hybridized carbons (Fsp3) is 0.200. The maximum Gasteiger partial charge on any atom is 0.228 e. The van der Waals surface area contributed by atoms with Crippen molar-refractivity contribution >= 4 is 23.3 Å². The lowest BCUT2D eigenvalue weighted by atomic mass is 9.91. The van der Waals surface area contributed by atoms with Crippen LogP contribution in [-0.4, -0.2) is 39.7 Å². The van der Waals surface area contributed by atoms with Crippen molar-refractivity contribution in [2.45, 2.75) is 6.42 Å². The summed E-state index contributed by atoms with van der Waals surface area (Å²) in [4.78, 5) is 19.4. The van der Waals surface area contributed by atoms with Crippen molar-refractivity contribution in [1.29, 1.82) is 0 Å². The molecule has 5 heteroatoms. The number of nitrogens with zero attached hydrogens (tertiary/aromatic N) is 3. The predicted molar refractivity (Wildman–Crippen MR) is 98.6 cm³/mol. The van der Waals surface area contributed by atoms with Crippen LogP contribution >= 0.6 is 0 Å². The maximum absolute atomic E-state index is 12.8. The van der Waals surface area contributed by atoms with Crippen LogP contribution in [0.4, 0.5) is 0 Å². The van der Waals surface area contributed by atoms with E-state index in [2.05, 4.69) is 16.1 Å². The molecular formula is C20H19N3O2. The van der Waals surface area contributed by atoms with Gasteiger partial charge in [-0.05, 0) is 41.8 Å². The van der Waals surface area contributed by atoms with Gasteiger partial charge in [-0.2, -0.15) is 0 Å². The normalized spacial score (nSPS) is 18.0. The van der Waals surface area contributed by atoms with Crippen LogP contribution in [0.1, 0.15) is 27.2 Å². The smallest absolute Gasteiger partial charge is 0.228 e. The monoisotopic (exact) mass is 333 g/mol. The van der Waals surface area contributed by atoms with E-state index in [4.69, 9.17) is 0 Å². The number of allylic oxidation sites excluding steroid dienone is 1. The SMILES string of the molecule is CN1CCc2cn(C)c3c2C1=CC(=N/C=C/c1ccc(O)cc1)C3=O. The van der Waals surface area contributed by atoms with Crippen LogP contribution in [0.15, 0.2) is 47.7 Å². The van der Waals surface area contributed by atoms with Crippen molar-refractivity contribution in [1.82, 2.24) is 9.47 Å². The lowest BCUT2D eigenvalue weighted by Crippen LogP contribution is -2.31.